The van der Waals surface area contributed by atoms with Crippen molar-refractivity contribution in [2.24, 2.45) is 0 Å². The normalized spacial score (nSPS) is 10.5. The molecule has 4 rings (SSSR count). The zero-order chi connectivity index (χ0) is 24.6. The molecular weight excluding hydrogens is 460 g/mol. The molecule has 176 valence electrons. The number of amides is 1. The maximum atomic E-state index is 12.8. The number of Topliss-reactive ketones (excluding diaryl/α,β-unsaturated/α-hetero) is 1. The topological polar surface area (TPSA) is 86.1 Å². The number of nitrogens with zero attached hydrogens (tertiary/aromatic N) is 3. The molecule has 8 heteroatoms. The molecule has 4 aromatic rings. The number of allylic oxidation sites excluding steroid dienone is 1. The van der Waals surface area contributed by atoms with Crippen LogP contribution in [-0.4, -0.2) is 39.3 Å². The van der Waals surface area contributed by atoms with Gasteiger partial charge in [-0.05, 0) is 48.5 Å². The molecule has 1 N–H and O–H groups in total. The molecular formula is C27H24N4O3S. The van der Waals surface area contributed by atoms with E-state index < -0.39 is 0 Å². The van der Waals surface area contributed by atoms with Crippen LogP contribution in [0.4, 0.5) is 5.69 Å². The number of methoxy groups -OCH3 is 1. The van der Waals surface area contributed by atoms with Gasteiger partial charge in [-0.1, -0.05) is 48.2 Å². The Morgan fingerprint density at radius 3 is 2.40 bits per heavy atom. The number of ketones is 1. The van der Waals surface area contributed by atoms with Crippen LogP contribution < -0.4 is 10.1 Å². The Morgan fingerprint density at radius 2 is 1.69 bits per heavy atom. The zero-order valence-corrected chi connectivity index (χ0v) is 20.0. The summed E-state index contributed by atoms with van der Waals surface area (Å²) >= 11 is 1.31. The summed E-state index contributed by atoms with van der Waals surface area (Å²) < 4.78 is 7.37. The molecule has 0 aliphatic rings. The lowest BCUT2D eigenvalue weighted by Gasteiger charge is -2.10. The molecule has 7 nitrogen and oxygen atoms in total. The number of carbonyl (C=O) groups excluding carboxylic acids is 2. The van der Waals surface area contributed by atoms with Gasteiger partial charge in [-0.2, -0.15) is 0 Å². The molecule has 0 aliphatic carbocycles. The van der Waals surface area contributed by atoms with Gasteiger partial charge < -0.3 is 10.1 Å². The Kier molecular flexibility index (Phi) is 7.74. The van der Waals surface area contributed by atoms with E-state index in [1.54, 1.807) is 49.6 Å². The predicted molar refractivity (Wildman–Crippen MR) is 138 cm³/mol. The minimum atomic E-state index is -0.201. The van der Waals surface area contributed by atoms with Crippen molar-refractivity contribution in [1.29, 1.82) is 0 Å². The number of para-hydroxylation sites is 1. The summed E-state index contributed by atoms with van der Waals surface area (Å²) in [6.07, 6.45) is 1.76. The number of nitrogens with one attached hydrogen (secondary N) is 1. The van der Waals surface area contributed by atoms with Crippen molar-refractivity contribution in [1.82, 2.24) is 14.8 Å². The second-order valence-corrected chi connectivity index (χ2v) is 8.46. The van der Waals surface area contributed by atoms with E-state index in [1.807, 2.05) is 47.0 Å². The number of hydrogen-bond acceptors (Lipinski definition) is 6. The number of carbonyl (C=O) groups is 2. The van der Waals surface area contributed by atoms with Crippen LogP contribution in [0, 0.1) is 0 Å². The molecule has 0 radical (unpaired) electrons. The lowest BCUT2D eigenvalue weighted by atomic mass is 10.1. The summed E-state index contributed by atoms with van der Waals surface area (Å²) in [4.78, 5) is 25.1. The van der Waals surface area contributed by atoms with Gasteiger partial charge in [0.1, 0.15) is 5.75 Å². The van der Waals surface area contributed by atoms with Crippen LogP contribution in [0.5, 0.6) is 5.75 Å². The fraction of sp³-hybridized carbons (Fsp3) is 0.111. The van der Waals surface area contributed by atoms with E-state index >= 15 is 0 Å². The molecule has 0 atom stereocenters. The molecule has 0 bridgehead atoms. The van der Waals surface area contributed by atoms with E-state index in [4.69, 9.17) is 4.74 Å². The molecule has 1 amide bonds. The summed E-state index contributed by atoms with van der Waals surface area (Å²) in [7, 11) is 1.61. The summed E-state index contributed by atoms with van der Waals surface area (Å²) in [5, 5.41) is 12.1. The maximum absolute atomic E-state index is 12.8. The van der Waals surface area contributed by atoms with Gasteiger partial charge in [-0.3, -0.25) is 14.2 Å². The molecule has 0 aliphatic heterocycles. The Balaban J connectivity index is 1.43. The Hall–Kier alpha value is -4.17. The van der Waals surface area contributed by atoms with Gasteiger partial charge in [0, 0.05) is 23.4 Å². The monoisotopic (exact) mass is 484 g/mol. The summed E-state index contributed by atoms with van der Waals surface area (Å²) in [5.41, 5.74) is 2.56. The fourth-order valence-corrected chi connectivity index (χ4v) is 4.31. The van der Waals surface area contributed by atoms with Gasteiger partial charge >= 0.3 is 0 Å². The van der Waals surface area contributed by atoms with Crippen LogP contribution in [0.1, 0.15) is 20.7 Å². The second-order valence-electron chi connectivity index (χ2n) is 7.52. The zero-order valence-electron chi connectivity index (χ0n) is 19.2. The van der Waals surface area contributed by atoms with Gasteiger partial charge in [0.05, 0.1) is 18.4 Å². The van der Waals surface area contributed by atoms with Crippen LogP contribution in [0.15, 0.2) is 96.7 Å². The van der Waals surface area contributed by atoms with E-state index in [9.17, 15) is 9.59 Å². The van der Waals surface area contributed by atoms with E-state index in [-0.39, 0.29) is 17.4 Å². The van der Waals surface area contributed by atoms with Crippen molar-refractivity contribution in [3.8, 4) is 17.1 Å². The Labute approximate surface area is 207 Å². The van der Waals surface area contributed by atoms with Crippen molar-refractivity contribution < 1.29 is 14.3 Å². The molecule has 0 saturated heterocycles. The third kappa shape index (κ3) is 5.67. The standard InChI is InChI=1S/C27H24N4O3S/c1-3-17-31-25(22-11-7-8-12-24(22)34-2)29-30-27(31)35-18-23(32)19-13-15-21(16-14-19)28-26(33)20-9-5-4-6-10-20/h3-16H,1,17-18H2,2H3,(H,28,33). The number of benzene rings is 3. The number of thioether (sulfide) groups is 1. The first-order chi connectivity index (χ1) is 17.1. The number of aromatic nitrogens is 3. The van der Waals surface area contributed by atoms with Gasteiger partial charge in [-0.25, -0.2) is 0 Å². The van der Waals surface area contributed by atoms with Gasteiger partial charge in [0.15, 0.2) is 16.8 Å². The predicted octanol–water partition coefficient (Wildman–Crippen LogP) is 5.37. The largest absolute Gasteiger partial charge is 0.496 e. The highest BCUT2D eigenvalue weighted by molar-refractivity contribution is 7.99. The average Bonchev–Trinajstić information content (AvgIpc) is 3.30. The van der Waals surface area contributed by atoms with Crippen LogP contribution in [0.2, 0.25) is 0 Å². The highest BCUT2D eigenvalue weighted by atomic mass is 32.2. The van der Waals surface area contributed by atoms with Crippen LogP contribution in [0.25, 0.3) is 11.4 Å². The summed E-state index contributed by atoms with van der Waals surface area (Å²) in [5.74, 6) is 1.28. The molecule has 1 aromatic heterocycles. The highest BCUT2D eigenvalue weighted by Crippen LogP contribution is 2.31. The van der Waals surface area contributed by atoms with Gasteiger partial charge in [0.25, 0.3) is 5.91 Å². The van der Waals surface area contributed by atoms with Crippen molar-refractivity contribution in [3.05, 3.63) is 103 Å². The lowest BCUT2D eigenvalue weighted by molar-refractivity contribution is 0.101. The fourth-order valence-electron chi connectivity index (χ4n) is 3.46. The van der Waals surface area contributed by atoms with E-state index in [1.165, 1.54) is 11.8 Å². The summed E-state index contributed by atoms with van der Waals surface area (Å²) in [6.45, 7) is 4.32. The first-order valence-electron chi connectivity index (χ1n) is 10.9. The number of rotatable bonds is 10. The molecule has 0 unspecified atom stereocenters. The van der Waals surface area contributed by atoms with Crippen LogP contribution >= 0.6 is 11.8 Å². The first kappa shape index (κ1) is 24.0. The van der Waals surface area contributed by atoms with Gasteiger partial charge in [-0.15, -0.1) is 16.8 Å². The number of ether oxygens (including phenoxy) is 1. The first-order valence-corrected chi connectivity index (χ1v) is 11.9. The smallest absolute Gasteiger partial charge is 0.255 e. The minimum absolute atomic E-state index is 0.0528. The van der Waals surface area contributed by atoms with Crippen molar-refractivity contribution >= 4 is 29.1 Å². The molecule has 35 heavy (non-hydrogen) atoms. The quantitative estimate of drug-likeness (QED) is 0.185. The van der Waals surface area contributed by atoms with Crippen molar-refractivity contribution in [2.75, 3.05) is 18.2 Å². The second kappa shape index (κ2) is 11.3. The van der Waals surface area contributed by atoms with Crippen LogP contribution in [0.3, 0.4) is 0 Å². The van der Waals surface area contributed by atoms with Crippen molar-refractivity contribution in [3.63, 3.8) is 0 Å². The van der Waals surface area contributed by atoms with E-state index in [2.05, 4.69) is 22.1 Å². The minimum Gasteiger partial charge on any atom is -0.496 e. The molecule has 3 aromatic carbocycles. The van der Waals surface area contributed by atoms with Crippen molar-refractivity contribution in [2.45, 2.75) is 11.7 Å². The number of anilines is 1. The van der Waals surface area contributed by atoms with Crippen LogP contribution in [-0.2, 0) is 6.54 Å². The number of hydrogen-bond donors (Lipinski definition) is 1. The molecule has 0 spiro atoms. The van der Waals surface area contributed by atoms with Gasteiger partial charge in [0.2, 0.25) is 0 Å². The molecule has 1 heterocycles. The maximum Gasteiger partial charge on any atom is 0.255 e. The summed E-state index contributed by atoms with van der Waals surface area (Å²) in [6, 6.07) is 23.4. The third-order valence-electron chi connectivity index (χ3n) is 5.21. The van der Waals surface area contributed by atoms with E-state index in [0.29, 0.717) is 40.1 Å². The molecule has 0 fully saturated rings. The Morgan fingerprint density at radius 1 is 0.971 bits per heavy atom. The van der Waals surface area contributed by atoms with E-state index in [0.717, 1.165) is 5.56 Å². The highest BCUT2D eigenvalue weighted by Gasteiger charge is 2.18. The SMILES string of the molecule is C=CCn1c(SCC(=O)c2ccc(NC(=O)c3ccccc3)cc2)nnc1-c1ccccc1OC. The molecule has 0 saturated carbocycles. The third-order valence-corrected chi connectivity index (χ3v) is 6.18. The average molecular weight is 485 g/mol. The lowest BCUT2D eigenvalue weighted by Crippen LogP contribution is -2.12. The Bertz CT molecular complexity index is 1330.